The van der Waals surface area contributed by atoms with E-state index in [0.29, 0.717) is 11.3 Å². The second kappa shape index (κ2) is 1.81. The van der Waals surface area contributed by atoms with Gasteiger partial charge in [0.25, 0.3) is 5.91 Å². The number of nitrogens with zero attached hydrogens (tertiary/aromatic N) is 1. The van der Waals surface area contributed by atoms with E-state index in [2.05, 4.69) is 5.73 Å². The molecule has 4 heteroatoms. The summed E-state index contributed by atoms with van der Waals surface area (Å²) in [5.41, 5.74) is 4.66. The molecule has 6 unspecified atom stereocenters. The van der Waals surface area contributed by atoms with Crippen molar-refractivity contribution in [3.05, 3.63) is 17.4 Å². The van der Waals surface area contributed by atoms with Crippen LogP contribution in [0.3, 0.4) is 0 Å². The van der Waals surface area contributed by atoms with Crippen molar-refractivity contribution in [3.63, 3.8) is 0 Å². The lowest BCUT2D eigenvalue weighted by atomic mass is 9.63. The van der Waals surface area contributed by atoms with Crippen molar-refractivity contribution in [1.29, 1.82) is 0 Å². The molecule has 4 fully saturated rings. The minimum absolute atomic E-state index is 0.184. The summed E-state index contributed by atoms with van der Waals surface area (Å²) in [5.74, 6) is 6.28. The van der Waals surface area contributed by atoms with Crippen LogP contribution in [0, 0.1) is 35.0 Å². The van der Waals surface area contributed by atoms with Gasteiger partial charge in [-0.1, -0.05) is 0 Å². The van der Waals surface area contributed by atoms with E-state index in [1.807, 2.05) is 6.08 Å². The summed E-state index contributed by atoms with van der Waals surface area (Å²) in [6, 6.07) is 0. The Morgan fingerprint density at radius 3 is 3.00 bits per heavy atom. The highest BCUT2D eigenvalue weighted by Crippen LogP contribution is 2.90. The van der Waals surface area contributed by atoms with Gasteiger partial charge in [-0.15, -0.1) is 5.73 Å². The predicted octanol–water partition coefficient (Wildman–Crippen LogP) is -0.178. The molecule has 2 bridgehead atoms. The van der Waals surface area contributed by atoms with Gasteiger partial charge in [0.1, 0.15) is 0 Å². The molecule has 1 saturated heterocycles. The van der Waals surface area contributed by atoms with Crippen molar-refractivity contribution in [3.8, 4) is 0 Å². The van der Waals surface area contributed by atoms with Crippen molar-refractivity contribution in [1.82, 2.24) is 5.01 Å². The van der Waals surface area contributed by atoms with Gasteiger partial charge in [-0.05, 0) is 29.9 Å². The standard InChI is InChI=1S/C12H10N2O2/c13-14-10(15)7-4-1-2-5(8(7)11(14)16)12-3-6(12)9(4)12/h1,4,6-9H,3,13H2. The Hall–Kier alpha value is -1.38. The van der Waals surface area contributed by atoms with Gasteiger partial charge in [-0.3, -0.25) is 9.59 Å². The lowest BCUT2D eigenvalue weighted by Gasteiger charge is -2.37. The molecule has 1 heterocycles. The lowest BCUT2D eigenvalue weighted by Crippen LogP contribution is -2.39. The molecule has 3 saturated carbocycles. The number of hydrogen-bond acceptors (Lipinski definition) is 3. The average Bonchev–Trinajstić information content (AvgIpc) is 3.11. The summed E-state index contributed by atoms with van der Waals surface area (Å²) < 4.78 is 0. The molecule has 0 radical (unpaired) electrons. The van der Waals surface area contributed by atoms with Crippen LogP contribution in [0.15, 0.2) is 17.4 Å². The van der Waals surface area contributed by atoms with E-state index in [9.17, 15) is 9.59 Å². The van der Waals surface area contributed by atoms with E-state index in [-0.39, 0.29) is 29.6 Å². The summed E-state index contributed by atoms with van der Waals surface area (Å²) in [7, 11) is 0. The zero-order valence-electron chi connectivity index (χ0n) is 8.51. The molecule has 16 heavy (non-hydrogen) atoms. The summed E-state index contributed by atoms with van der Waals surface area (Å²) in [5, 5.41) is 0.835. The topological polar surface area (TPSA) is 63.4 Å². The summed E-state index contributed by atoms with van der Waals surface area (Å²) in [6.07, 6.45) is 3.22. The van der Waals surface area contributed by atoms with Crippen molar-refractivity contribution in [2.24, 2.45) is 40.8 Å². The van der Waals surface area contributed by atoms with Gasteiger partial charge in [-0.2, -0.15) is 0 Å². The van der Waals surface area contributed by atoms with Crippen LogP contribution in [0.25, 0.3) is 0 Å². The van der Waals surface area contributed by atoms with Crippen LogP contribution < -0.4 is 5.84 Å². The second-order valence-electron chi connectivity index (χ2n) is 5.73. The third-order valence-corrected chi connectivity index (χ3v) is 5.44. The van der Waals surface area contributed by atoms with Crippen LogP contribution in [0.1, 0.15) is 6.42 Å². The first-order chi connectivity index (χ1) is 7.68. The van der Waals surface area contributed by atoms with E-state index < -0.39 is 0 Å². The first kappa shape index (κ1) is 7.82. The van der Waals surface area contributed by atoms with Gasteiger partial charge in [0.2, 0.25) is 5.91 Å². The molecule has 0 aromatic heterocycles. The van der Waals surface area contributed by atoms with Gasteiger partial charge in [0, 0.05) is 11.3 Å². The number of nitrogens with two attached hydrogens (primary N) is 1. The molecule has 1 aliphatic heterocycles. The van der Waals surface area contributed by atoms with E-state index in [4.69, 9.17) is 5.84 Å². The molecule has 0 aromatic rings. The third-order valence-electron chi connectivity index (χ3n) is 5.44. The molecule has 6 rings (SSSR count). The number of hydrogen-bond donors (Lipinski definition) is 1. The molecule has 5 aliphatic carbocycles. The maximum Gasteiger partial charge on any atom is 0.252 e. The number of hydrazine groups is 1. The van der Waals surface area contributed by atoms with Crippen molar-refractivity contribution in [2.75, 3.05) is 0 Å². The van der Waals surface area contributed by atoms with Crippen LogP contribution in [0.2, 0.25) is 0 Å². The molecule has 80 valence electrons. The van der Waals surface area contributed by atoms with Crippen LogP contribution in [-0.4, -0.2) is 16.8 Å². The molecule has 2 amide bonds. The molecule has 2 N–H and O–H groups in total. The lowest BCUT2D eigenvalue weighted by molar-refractivity contribution is -0.140. The van der Waals surface area contributed by atoms with Crippen LogP contribution in [-0.2, 0) is 9.59 Å². The monoisotopic (exact) mass is 214 g/mol. The van der Waals surface area contributed by atoms with Crippen molar-refractivity contribution < 1.29 is 9.59 Å². The molecule has 1 spiro atoms. The first-order valence-corrected chi connectivity index (χ1v) is 5.77. The highest BCUT2D eigenvalue weighted by molar-refractivity contribution is 6.07. The van der Waals surface area contributed by atoms with Gasteiger partial charge in [-0.25, -0.2) is 10.9 Å². The molecule has 4 nitrogen and oxygen atoms in total. The predicted molar refractivity (Wildman–Crippen MR) is 52.1 cm³/mol. The summed E-state index contributed by atoms with van der Waals surface area (Å²) in [6.45, 7) is 0. The fourth-order valence-corrected chi connectivity index (χ4v) is 4.59. The molecule has 6 atom stereocenters. The number of carbonyl (C=O) groups excluding carboxylic acids is 2. The molecule has 6 aliphatic rings. The highest BCUT2D eigenvalue weighted by atomic mass is 16.2. The number of imide groups is 1. The SMILES string of the molecule is NN1C(=O)C2C3=C=CC(C2C1=O)C1C2CC321. The Bertz CT molecular complexity index is 559. The van der Waals surface area contributed by atoms with Crippen molar-refractivity contribution >= 4 is 11.8 Å². The van der Waals surface area contributed by atoms with E-state index in [1.165, 1.54) is 6.42 Å². The first-order valence-electron chi connectivity index (χ1n) is 5.77. The highest BCUT2D eigenvalue weighted by Gasteiger charge is 2.87. The Kier molecular flexibility index (Phi) is 0.885. The third kappa shape index (κ3) is 0.496. The second-order valence-corrected chi connectivity index (χ2v) is 5.73. The summed E-state index contributed by atoms with van der Waals surface area (Å²) >= 11 is 0. The maximum absolute atomic E-state index is 12.0. The van der Waals surface area contributed by atoms with Gasteiger partial charge < -0.3 is 0 Å². The normalized spacial score (nSPS) is 58.2. The Morgan fingerprint density at radius 2 is 2.25 bits per heavy atom. The van der Waals surface area contributed by atoms with Gasteiger partial charge in [0.05, 0.1) is 11.8 Å². The number of amides is 2. The molecular weight excluding hydrogens is 204 g/mol. The van der Waals surface area contributed by atoms with E-state index in [1.54, 1.807) is 0 Å². The zero-order chi connectivity index (χ0) is 10.8. The number of rotatable bonds is 0. The summed E-state index contributed by atoms with van der Waals surface area (Å²) in [4.78, 5) is 23.9. The van der Waals surface area contributed by atoms with E-state index >= 15 is 0 Å². The number of carbonyl (C=O) groups is 2. The largest absolute Gasteiger partial charge is 0.273 e. The van der Waals surface area contributed by atoms with Crippen LogP contribution in [0.5, 0.6) is 0 Å². The zero-order valence-corrected chi connectivity index (χ0v) is 8.51. The fraction of sp³-hybridized carbons (Fsp3) is 0.583. The molecular formula is C12H10N2O2. The van der Waals surface area contributed by atoms with Crippen LogP contribution >= 0.6 is 0 Å². The van der Waals surface area contributed by atoms with Gasteiger partial charge in [0.15, 0.2) is 0 Å². The Morgan fingerprint density at radius 1 is 1.44 bits per heavy atom. The Labute approximate surface area is 91.7 Å². The Balaban J connectivity index is 1.76. The smallest absolute Gasteiger partial charge is 0.252 e. The van der Waals surface area contributed by atoms with E-state index in [0.717, 1.165) is 16.5 Å². The van der Waals surface area contributed by atoms with Crippen LogP contribution in [0.4, 0.5) is 0 Å². The fourth-order valence-electron chi connectivity index (χ4n) is 4.59. The maximum atomic E-state index is 12.0. The van der Waals surface area contributed by atoms with Gasteiger partial charge >= 0.3 is 0 Å². The average molecular weight is 214 g/mol. The quantitative estimate of drug-likeness (QED) is 0.263. The molecule has 0 aromatic carbocycles. The van der Waals surface area contributed by atoms with Crippen molar-refractivity contribution in [2.45, 2.75) is 6.42 Å². The minimum Gasteiger partial charge on any atom is -0.273 e. The minimum atomic E-state index is -0.267.